The molecular weight excluding hydrogens is 437 g/mol. The van der Waals surface area contributed by atoms with Crippen molar-refractivity contribution in [2.45, 2.75) is 45.6 Å². The van der Waals surface area contributed by atoms with Crippen LogP contribution in [0.2, 0.25) is 0 Å². The highest BCUT2D eigenvalue weighted by Gasteiger charge is 2.26. The minimum absolute atomic E-state index is 0.0608. The van der Waals surface area contributed by atoms with Crippen LogP contribution in [0.25, 0.3) is 0 Å². The second-order valence-electron chi connectivity index (χ2n) is 8.71. The number of aromatic nitrogens is 1. The monoisotopic (exact) mass is 465 g/mol. The summed E-state index contributed by atoms with van der Waals surface area (Å²) in [4.78, 5) is 31.6. The van der Waals surface area contributed by atoms with Crippen molar-refractivity contribution in [3.63, 3.8) is 0 Å². The average molecular weight is 466 g/mol. The number of amides is 2. The third kappa shape index (κ3) is 6.05. The van der Waals surface area contributed by atoms with Gasteiger partial charge in [-0.3, -0.25) is 9.59 Å². The van der Waals surface area contributed by atoms with Crippen LogP contribution >= 0.6 is 11.3 Å². The zero-order valence-electron chi connectivity index (χ0n) is 18.9. The minimum Gasteiger partial charge on any atom is -0.347 e. The Balaban J connectivity index is 1.28. The van der Waals surface area contributed by atoms with Gasteiger partial charge in [0.1, 0.15) is 11.5 Å². The molecule has 1 aliphatic heterocycles. The molecule has 1 N–H and O–H groups in total. The van der Waals surface area contributed by atoms with E-state index in [0.29, 0.717) is 25.3 Å². The summed E-state index contributed by atoms with van der Waals surface area (Å²) < 4.78 is 13.1. The largest absolute Gasteiger partial charge is 0.347 e. The second-order valence-corrected chi connectivity index (χ2v) is 9.60. The summed E-state index contributed by atoms with van der Waals surface area (Å²) in [5, 5.41) is 5.74. The van der Waals surface area contributed by atoms with Gasteiger partial charge in [-0.05, 0) is 49.9 Å². The number of hydrogen-bond donors (Lipinski definition) is 1. The van der Waals surface area contributed by atoms with Crippen LogP contribution in [0.3, 0.4) is 0 Å². The molecule has 1 saturated heterocycles. The fourth-order valence-corrected chi connectivity index (χ4v) is 5.26. The maximum Gasteiger partial charge on any atom is 0.271 e. The first-order chi connectivity index (χ1) is 15.9. The first kappa shape index (κ1) is 23.1. The number of rotatable bonds is 6. The van der Waals surface area contributed by atoms with Crippen LogP contribution in [0.4, 0.5) is 4.39 Å². The van der Waals surface area contributed by atoms with E-state index in [9.17, 15) is 14.0 Å². The molecule has 0 bridgehead atoms. The summed E-state index contributed by atoms with van der Waals surface area (Å²) in [5.41, 5.74) is 4.71. The van der Waals surface area contributed by atoms with Crippen molar-refractivity contribution in [1.82, 2.24) is 15.2 Å². The third-order valence-electron chi connectivity index (χ3n) is 5.95. The Bertz CT molecular complexity index is 1110. The Kier molecular flexibility index (Phi) is 7.18. The van der Waals surface area contributed by atoms with Gasteiger partial charge >= 0.3 is 0 Å². The molecular formula is C26H28FN3O2S. The van der Waals surface area contributed by atoms with E-state index < -0.39 is 0 Å². The lowest BCUT2D eigenvalue weighted by molar-refractivity contribution is -0.131. The first-order valence-corrected chi connectivity index (χ1v) is 12.1. The predicted molar refractivity (Wildman–Crippen MR) is 128 cm³/mol. The molecule has 7 heteroatoms. The van der Waals surface area contributed by atoms with Crippen LogP contribution in [0, 0.1) is 19.7 Å². The molecule has 0 spiro atoms. The summed E-state index contributed by atoms with van der Waals surface area (Å²) in [5.74, 6) is -0.145. The summed E-state index contributed by atoms with van der Waals surface area (Å²) in [6.07, 6.45) is 1.94. The van der Waals surface area contributed by atoms with Gasteiger partial charge in [0, 0.05) is 30.9 Å². The minimum atomic E-state index is -0.297. The van der Waals surface area contributed by atoms with Crippen LogP contribution in [0.5, 0.6) is 0 Å². The van der Waals surface area contributed by atoms with Gasteiger partial charge in [0.25, 0.3) is 5.91 Å². The Morgan fingerprint density at radius 1 is 1.06 bits per heavy atom. The summed E-state index contributed by atoms with van der Waals surface area (Å²) in [6.45, 7) is 5.90. The number of carbonyl (C=O) groups excluding carboxylic acids is 2. The normalized spacial score (nSPS) is 14.3. The fourth-order valence-electron chi connectivity index (χ4n) is 4.29. The Hall–Kier alpha value is -3.06. The lowest BCUT2D eigenvalue weighted by atomic mass is 9.97. The molecule has 1 aromatic heterocycles. The van der Waals surface area contributed by atoms with Gasteiger partial charge in [-0.25, -0.2) is 9.37 Å². The number of nitrogens with one attached hydrogen (secondary N) is 1. The molecule has 0 unspecified atom stereocenters. The molecule has 1 fully saturated rings. The third-order valence-corrected chi connectivity index (χ3v) is 6.96. The van der Waals surface area contributed by atoms with Crippen LogP contribution < -0.4 is 5.32 Å². The smallest absolute Gasteiger partial charge is 0.271 e. The van der Waals surface area contributed by atoms with E-state index in [2.05, 4.69) is 28.5 Å². The molecule has 0 radical (unpaired) electrons. The van der Waals surface area contributed by atoms with E-state index in [1.165, 1.54) is 34.6 Å². The van der Waals surface area contributed by atoms with Gasteiger partial charge in [0.05, 0.1) is 11.4 Å². The van der Waals surface area contributed by atoms with Gasteiger partial charge in [0.2, 0.25) is 5.91 Å². The lowest BCUT2D eigenvalue weighted by Gasteiger charge is -2.31. The first-order valence-electron chi connectivity index (χ1n) is 11.2. The van der Waals surface area contributed by atoms with Crippen molar-refractivity contribution in [2.24, 2.45) is 0 Å². The number of aryl methyl sites for hydroxylation is 2. The van der Waals surface area contributed by atoms with E-state index >= 15 is 0 Å². The molecule has 3 aromatic rings. The molecule has 1 aliphatic rings. The molecule has 172 valence electrons. The van der Waals surface area contributed by atoms with Crippen LogP contribution in [-0.2, 0) is 17.8 Å². The van der Waals surface area contributed by atoms with Crippen LogP contribution in [0.1, 0.15) is 56.5 Å². The van der Waals surface area contributed by atoms with Gasteiger partial charge < -0.3 is 10.2 Å². The van der Waals surface area contributed by atoms with Crippen molar-refractivity contribution in [2.75, 3.05) is 13.1 Å². The molecule has 2 amide bonds. The Morgan fingerprint density at radius 3 is 2.39 bits per heavy atom. The van der Waals surface area contributed by atoms with Crippen molar-refractivity contribution >= 4 is 23.2 Å². The number of piperidine rings is 1. The quantitative estimate of drug-likeness (QED) is 0.570. The number of carbonyl (C=O) groups is 2. The number of hydrogen-bond acceptors (Lipinski definition) is 4. The van der Waals surface area contributed by atoms with E-state index in [1.807, 2.05) is 24.1 Å². The highest BCUT2D eigenvalue weighted by Crippen LogP contribution is 2.30. The van der Waals surface area contributed by atoms with E-state index in [1.54, 1.807) is 12.1 Å². The lowest BCUT2D eigenvalue weighted by Crippen LogP contribution is -2.38. The average Bonchev–Trinajstić information content (AvgIpc) is 3.29. The maximum absolute atomic E-state index is 13.1. The zero-order valence-corrected chi connectivity index (χ0v) is 19.8. The number of halogens is 1. The molecule has 0 saturated carbocycles. The topological polar surface area (TPSA) is 62.3 Å². The van der Waals surface area contributed by atoms with E-state index in [0.717, 1.165) is 29.0 Å². The highest BCUT2D eigenvalue weighted by molar-refractivity contribution is 7.09. The second kappa shape index (κ2) is 10.3. The summed E-state index contributed by atoms with van der Waals surface area (Å²) in [6, 6.07) is 12.3. The summed E-state index contributed by atoms with van der Waals surface area (Å²) in [7, 11) is 0. The number of nitrogens with zero attached hydrogens (tertiary/aromatic N) is 2. The van der Waals surface area contributed by atoms with Crippen LogP contribution in [0.15, 0.2) is 47.8 Å². The highest BCUT2D eigenvalue weighted by atomic mass is 32.1. The Morgan fingerprint density at radius 2 is 1.73 bits per heavy atom. The number of thiazole rings is 1. The Labute approximate surface area is 197 Å². The SMILES string of the molecule is Cc1cc(C)cc(CNC(=O)c2csc(C3CCN(C(=O)Cc4ccc(F)cc4)CC3)n2)c1. The van der Waals surface area contributed by atoms with E-state index in [-0.39, 0.29) is 30.0 Å². The van der Waals surface area contributed by atoms with Crippen molar-refractivity contribution in [3.8, 4) is 0 Å². The molecule has 0 atom stereocenters. The summed E-state index contributed by atoms with van der Waals surface area (Å²) >= 11 is 1.51. The number of likely N-dealkylation sites (tertiary alicyclic amines) is 1. The molecule has 33 heavy (non-hydrogen) atoms. The molecule has 2 heterocycles. The van der Waals surface area contributed by atoms with Crippen molar-refractivity contribution in [1.29, 1.82) is 0 Å². The molecule has 4 rings (SSSR count). The van der Waals surface area contributed by atoms with Gasteiger partial charge in [-0.1, -0.05) is 41.5 Å². The zero-order chi connectivity index (χ0) is 23.4. The molecule has 5 nitrogen and oxygen atoms in total. The van der Waals surface area contributed by atoms with Gasteiger partial charge in [0.15, 0.2) is 0 Å². The van der Waals surface area contributed by atoms with Crippen molar-refractivity contribution < 1.29 is 14.0 Å². The van der Waals surface area contributed by atoms with Crippen LogP contribution in [-0.4, -0.2) is 34.8 Å². The van der Waals surface area contributed by atoms with Gasteiger partial charge in [-0.2, -0.15) is 0 Å². The van der Waals surface area contributed by atoms with Gasteiger partial charge in [-0.15, -0.1) is 11.3 Å². The number of benzene rings is 2. The maximum atomic E-state index is 13.1. The fraction of sp³-hybridized carbons (Fsp3) is 0.346. The standard InChI is InChI=1S/C26H28FN3O2S/c1-17-11-18(2)13-20(12-17)15-28-25(32)23-16-33-26(29-23)21-7-9-30(10-8-21)24(31)14-19-3-5-22(27)6-4-19/h3-6,11-13,16,21H,7-10,14-15H2,1-2H3,(H,28,32). The predicted octanol–water partition coefficient (Wildman–Crippen LogP) is 4.78. The van der Waals surface area contributed by atoms with E-state index in [4.69, 9.17) is 0 Å². The molecule has 2 aromatic carbocycles. The van der Waals surface area contributed by atoms with Crippen molar-refractivity contribution in [3.05, 3.63) is 86.6 Å². The molecule has 0 aliphatic carbocycles.